The number of nitrogens with zero attached hydrogens (tertiary/aromatic N) is 4. The number of ether oxygens (including phenoxy) is 1. The predicted octanol–water partition coefficient (Wildman–Crippen LogP) is 0.898. The van der Waals surface area contributed by atoms with Crippen molar-refractivity contribution in [1.82, 2.24) is 14.8 Å². The third kappa shape index (κ3) is 2.37. The molecule has 0 radical (unpaired) electrons. The number of hydrogen-bond donors (Lipinski definition) is 1. The maximum absolute atomic E-state index is 11.6. The number of hydrogen-bond acceptors (Lipinski definition) is 6. The summed E-state index contributed by atoms with van der Waals surface area (Å²) in [7, 11) is 0. The molecule has 0 saturated heterocycles. The van der Waals surface area contributed by atoms with Crippen molar-refractivity contribution in [2.75, 3.05) is 12.3 Å². The first-order valence-corrected chi connectivity index (χ1v) is 5.55. The molecule has 0 saturated carbocycles. The van der Waals surface area contributed by atoms with Gasteiger partial charge in [-0.25, -0.2) is 14.5 Å². The van der Waals surface area contributed by atoms with E-state index in [1.807, 2.05) is 6.07 Å². The number of carbonyl (C=O) groups excluding carboxylic acids is 1. The number of rotatable bonds is 3. The summed E-state index contributed by atoms with van der Waals surface area (Å²) in [6.07, 6.45) is 2.95. The zero-order valence-electron chi connectivity index (χ0n) is 10.2. The summed E-state index contributed by atoms with van der Waals surface area (Å²) in [5.41, 5.74) is 6.22. The fourth-order valence-corrected chi connectivity index (χ4v) is 1.52. The van der Waals surface area contributed by atoms with E-state index in [1.165, 1.54) is 17.1 Å². The minimum atomic E-state index is -0.604. The normalized spacial score (nSPS) is 9.89. The zero-order valence-corrected chi connectivity index (χ0v) is 10.2. The lowest BCUT2D eigenvalue weighted by Crippen LogP contribution is -2.09. The molecule has 0 atom stereocenters. The van der Waals surface area contributed by atoms with Gasteiger partial charge in [-0.15, -0.1) is 0 Å². The van der Waals surface area contributed by atoms with Crippen LogP contribution < -0.4 is 5.73 Å². The zero-order chi connectivity index (χ0) is 13.8. The first-order chi connectivity index (χ1) is 9.17. The van der Waals surface area contributed by atoms with Gasteiger partial charge in [0.15, 0.2) is 11.5 Å². The van der Waals surface area contributed by atoms with Crippen molar-refractivity contribution in [3.8, 4) is 11.9 Å². The summed E-state index contributed by atoms with van der Waals surface area (Å²) in [6.45, 7) is 1.93. The number of nitriles is 1. The molecule has 0 aliphatic heterocycles. The monoisotopic (exact) mass is 257 g/mol. The number of esters is 1. The summed E-state index contributed by atoms with van der Waals surface area (Å²) < 4.78 is 6.13. The van der Waals surface area contributed by atoms with Crippen LogP contribution in [0.15, 0.2) is 24.5 Å². The van der Waals surface area contributed by atoms with Gasteiger partial charge in [-0.3, -0.25) is 0 Å². The number of carbonyl (C=O) groups is 1. The highest BCUT2D eigenvalue weighted by Gasteiger charge is 2.18. The van der Waals surface area contributed by atoms with Gasteiger partial charge in [-0.05, 0) is 19.1 Å². The van der Waals surface area contributed by atoms with Gasteiger partial charge in [-0.1, -0.05) is 0 Å². The van der Waals surface area contributed by atoms with Gasteiger partial charge in [0.1, 0.15) is 6.07 Å². The number of anilines is 1. The molecule has 7 nitrogen and oxygen atoms in total. The smallest absolute Gasteiger partial charge is 0.361 e. The van der Waals surface area contributed by atoms with Crippen LogP contribution in [-0.4, -0.2) is 27.3 Å². The third-order valence-electron chi connectivity index (χ3n) is 2.34. The Labute approximate surface area is 109 Å². The van der Waals surface area contributed by atoms with E-state index >= 15 is 0 Å². The fourth-order valence-electron chi connectivity index (χ4n) is 1.52. The van der Waals surface area contributed by atoms with E-state index in [0.29, 0.717) is 11.4 Å². The molecule has 19 heavy (non-hydrogen) atoms. The standard InChI is InChI=1S/C12H11N5O2/c1-2-19-12(18)10-9(14)7-17(16-10)11-8(6-13)4-3-5-15-11/h3-5,7H,2,14H2,1H3. The second-order valence-electron chi connectivity index (χ2n) is 3.58. The molecule has 0 aliphatic carbocycles. The molecule has 0 amide bonds. The molecule has 7 heteroatoms. The summed E-state index contributed by atoms with van der Waals surface area (Å²) in [4.78, 5) is 15.7. The molecule has 0 spiro atoms. The van der Waals surface area contributed by atoms with Gasteiger partial charge in [0.2, 0.25) is 0 Å². The molecule has 0 unspecified atom stereocenters. The van der Waals surface area contributed by atoms with Gasteiger partial charge in [0.05, 0.1) is 24.1 Å². The van der Waals surface area contributed by atoms with E-state index in [1.54, 1.807) is 19.1 Å². The summed E-state index contributed by atoms with van der Waals surface area (Å²) in [5, 5.41) is 13.0. The largest absolute Gasteiger partial charge is 0.461 e. The van der Waals surface area contributed by atoms with Crippen molar-refractivity contribution >= 4 is 11.7 Å². The lowest BCUT2D eigenvalue weighted by atomic mass is 10.3. The molecule has 2 N–H and O–H groups in total. The Morgan fingerprint density at radius 2 is 2.42 bits per heavy atom. The quantitative estimate of drug-likeness (QED) is 0.818. The average Bonchev–Trinajstić information content (AvgIpc) is 2.81. The molecular formula is C12H11N5O2. The van der Waals surface area contributed by atoms with Crippen LogP contribution in [0.2, 0.25) is 0 Å². The lowest BCUT2D eigenvalue weighted by Gasteiger charge is -2.01. The summed E-state index contributed by atoms with van der Waals surface area (Å²) in [6, 6.07) is 5.24. The first-order valence-electron chi connectivity index (χ1n) is 5.55. The average molecular weight is 257 g/mol. The Kier molecular flexibility index (Phi) is 3.43. The van der Waals surface area contributed by atoms with Crippen molar-refractivity contribution in [2.45, 2.75) is 6.92 Å². The summed E-state index contributed by atoms with van der Waals surface area (Å²) >= 11 is 0. The molecule has 0 aliphatic rings. The highest BCUT2D eigenvalue weighted by atomic mass is 16.5. The molecule has 2 aromatic heterocycles. The van der Waals surface area contributed by atoms with Crippen LogP contribution in [0, 0.1) is 11.3 Å². The third-order valence-corrected chi connectivity index (χ3v) is 2.34. The molecule has 2 rings (SSSR count). The second-order valence-corrected chi connectivity index (χ2v) is 3.58. The number of pyridine rings is 1. The van der Waals surface area contributed by atoms with Crippen LogP contribution in [0.3, 0.4) is 0 Å². The van der Waals surface area contributed by atoms with E-state index in [4.69, 9.17) is 15.7 Å². The van der Waals surface area contributed by atoms with Crippen LogP contribution in [0.5, 0.6) is 0 Å². The van der Waals surface area contributed by atoms with Crippen molar-refractivity contribution in [3.05, 3.63) is 35.8 Å². The highest BCUT2D eigenvalue weighted by molar-refractivity contribution is 5.92. The predicted molar refractivity (Wildman–Crippen MR) is 66.4 cm³/mol. The molecule has 96 valence electrons. The molecule has 2 aromatic rings. The molecule has 0 fully saturated rings. The number of aromatic nitrogens is 3. The SMILES string of the molecule is CCOC(=O)c1nn(-c2ncccc2C#N)cc1N. The van der Waals surface area contributed by atoms with Gasteiger partial charge in [0, 0.05) is 6.20 Å². The van der Waals surface area contributed by atoms with E-state index in [0.717, 1.165) is 0 Å². The molecular weight excluding hydrogens is 246 g/mol. The highest BCUT2D eigenvalue weighted by Crippen LogP contribution is 2.16. The van der Waals surface area contributed by atoms with Crippen LogP contribution in [0.4, 0.5) is 5.69 Å². The van der Waals surface area contributed by atoms with E-state index in [2.05, 4.69) is 10.1 Å². The fraction of sp³-hybridized carbons (Fsp3) is 0.167. The van der Waals surface area contributed by atoms with Crippen molar-refractivity contribution in [1.29, 1.82) is 5.26 Å². The van der Waals surface area contributed by atoms with Gasteiger partial charge in [0.25, 0.3) is 0 Å². The van der Waals surface area contributed by atoms with E-state index in [9.17, 15) is 4.79 Å². The Morgan fingerprint density at radius 1 is 1.63 bits per heavy atom. The van der Waals surface area contributed by atoms with Crippen LogP contribution >= 0.6 is 0 Å². The van der Waals surface area contributed by atoms with Gasteiger partial charge >= 0.3 is 5.97 Å². The van der Waals surface area contributed by atoms with Crippen LogP contribution in [-0.2, 0) is 4.74 Å². The van der Waals surface area contributed by atoms with Gasteiger partial charge in [-0.2, -0.15) is 10.4 Å². The minimum Gasteiger partial charge on any atom is -0.461 e. The molecule has 0 bridgehead atoms. The Morgan fingerprint density at radius 3 is 3.11 bits per heavy atom. The minimum absolute atomic E-state index is 0.0105. The number of nitrogen functional groups attached to an aromatic ring is 1. The van der Waals surface area contributed by atoms with Crippen molar-refractivity contribution in [2.24, 2.45) is 0 Å². The Bertz CT molecular complexity index is 656. The second kappa shape index (κ2) is 5.18. The van der Waals surface area contributed by atoms with E-state index in [-0.39, 0.29) is 18.0 Å². The number of nitrogens with two attached hydrogens (primary N) is 1. The maximum atomic E-state index is 11.6. The van der Waals surface area contributed by atoms with Crippen LogP contribution in [0.25, 0.3) is 5.82 Å². The van der Waals surface area contributed by atoms with Crippen LogP contribution in [0.1, 0.15) is 23.0 Å². The topological polar surface area (TPSA) is 107 Å². The maximum Gasteiger partial charge on any atom is 0.361 e. The molecule has 2 heterocycles. The van der Waals surface area contributed by atoms with Gasteiger partial charge < -0.3 is 10.5 Å². The first kappa shape index (κ1) is 12.6. The van der Waals surface area contributed by atoms with E-state index < -0.39 is 5.97 Å². The Hall–Kier alpha value is -2.88. The van der Waals surface area contributed by atoms with Crippen molar-refractivity contribution in [3.63, 3.8) is 0 Å². The lowest BCUT2D eigenvalue weighted by molar-refractivity contribution is 0.0520. The molecule has 0 aromatic carbocycles. The Balaban J connectivity index is 2.45. The summed E-state index contributed by atoms with van der Waals surface area (Å²) in [5.74, 6) is -0.291. The van der Waals surface area contributed by atoms with Crippen molar-refractivity contribution < 1.29 is 9.53 Å².